The van der Waals surface area contributed by atoms with Crippen molar-refractivity contribution in [3.8, 4) is 11.5 Å². The summed E-state index contributed by atoms with van der Waals surface area (Å²) < 4.78 is 39.0. The molecule has 11 heteroatoms. The summed E-state index contributed by atoms with van der Waals surface area (Å²) >= 11 is 0. The molecule has 9 nitrogen and oxygen atoms in total. The number of amides is 2. The van der Waals surface area contributed by atoms with E-state index < -0.39 is 22.8 Å². The third kappa shape index (κ3) is 6.58. The topological polar surface area (TPSA) is 123 Å². The molecule has 1 saturated heterocycles. The summed E-state index contributed by atoms with van der Waals surface area (Å²) in [5, 5.41) is 5.85. The van der Waals surface area contributed by atoms with Gasteiger partial charge in [-0.05, 0) is 75.9 Å². The zero-order valence-electron chi connectivity index (χ0n) is 21.5. The van der Waals surface area contributed by atoms with E-state index in [2.05, 4.69) is 15.6 Å². The number of nitrogens with two attached hydrogens (primary N) is 1. The van der Waals surface area contributed by atoms with Crippen molar-refractivity contribution in [2.75, 3.05) is 30.7 Å². The van der Waals surface area contributed by atoms with Crippen LogP contribution in [0, 0.1) is 17.6 Å². The Balaban J connectivity index is 1.28. The van der Waals surface area contributed by atoms with Crippen LogP contribution in [0.15, 0.2) is 46.9 Å². The average molecular weight is 528 g/mol. The molecule has 202 valence electrons. The molecular weight excluding hydrogens is 496 g/mol. The lowest BCUT2D eigenvalue weighted by Gasteiger charge is -2.33. The number of likely N-dealkylation sites (tertiary alicyclic amines) is 1. The highest BCUT2D eigenvalue weighted by atomic mass is 19.1. The molecular formula is C27H31F2N5O4. The maximum absolute atomic E-state index is 14.0. The normalized spacial score (nSPS) is 14.3. The summed E-state index contributed by atoms with van der Waals surface area (Å²) in [6.07, 6.45) is 1.25. The number of carbonyl (C=O) groups excluding carboxylic acids is 2. The highest BCUT2D eigenvalue weighted by molar-refractivity contribution is 5.94. The maximum Gasteiger partial charge on any atom is 0.410 e. The standard InChI is InChI=1S/C27H31F2N5O4/c1-27(2,3)38-26(36)34-13-11-16(12-14-34)15-31-23(35)17-7-9-18(10-8-17)32-25-22(30)33-24(37-25)21-19(28)5-4-6-20(21)29/h4-10,16,32H,11-15,30H2,1-3H3,(H,31,35). The number of ether oxygens (including phenoxy) is 1. The van der Waals surface area contributed by atoms with Gasteiger partial charge in [-0.3, -0.25) is 4.79 Å². The van der Waals surface area contributed by atoms with E-state index in [-0.39, 0.29) is 35.5 Å². The van der Waals surface area contributed by atoms with Gasteiger partial charge in [0.1, 0.15) is 22.8 Å². The molecule has 0 radical (unpaired) electrons. The minimum Gasteiger partial charge on any atom is -0.444 e. The molecule has 1 aromatic heterocycles. The SMILES string of the molecule is CC(C)(C)OC(=O)N1CCC(CNC(=O)c2ccc(Nc3oc(-c4c(F)cccc4F)nc3N)cc2)CC1. The van der Waals surface area contributed by atoms with Crippen LogP contribution < -0.4 is 16.4 Å². The lowest BCUT2D eigenvalue weighted by molar-refractivity contribution is 0.0183. The van der Waals surface area contributed by atoms with Crippen molar-refractivity contribution in [2.45, 2.75) is 39.2 Å². The highest BCUT2D eigenvalue weighted by Crippen LogP contribution is 2.32. The molecule has 2 amide bonds. The van der Waals surface area contributed by atoms with Gasteiger partial charge >= 0.3 is 6.09 Å². The second-order valence-corrected chi connectivity index (χ2v) is 10.2. The molecule has 1 aliphatic rings. The van der Waals surface area contributed by atoms with Crippen LogP contribution in [0.2, 0.25) is 0 Å². The van der Waals surface area contributed by atoms with Gasteiger partial charge in [0.2, 0.25) is 11.8 Å². The fraction of sp³-hybridized carbons (Fsp3) is 0.370. The molecule has 0 bridgehead atoms. The first-order chi connectivity index (χ1) is 18.0. The van der Waals surface area contributed by atoms with Gasteiger partial charge in [0.25, 0.3) is 5.91 Å². The molecule has 0 unspecified atom stereocenters. The van der Waals surface area contributed by atoms with Crippen LogP contribution in [0.4, 0.5) is 31.0 Å². The molecule has 1 fully saturated rings. The van der Waals surface area contributed by atoms with Gasteiger partial charge in [0.05, 0.1) is 0 Å². The lowest BCUT2D eigenvalue weighted by atomic mass is 9.97. The van der Waals surface area contributed by atoms with Gasteiger partial charge in [0.15, 0.2) is 5.82 Å². The number of hydrogen-bond acceptors (Lipinski definition) is 7. The zero-order valence-corrected chi connectivity index (χ0v) is 21.5. The molecule has 0 atom stereocenters. The molecule has 2 aromatic carbocycles. The Morgan fingerprint density at radius 1 is 1.11 bits per heavy atom. The third-order valence-corrected chi connectivity index (χ3v) is 6.05. The van der Waals surface area contributed by atoms with E-state index in [0.29, 0.717) is 30.9 Å². The van der Waals surface area contributed by atoms with Gasteiger partial charge < -0.3 is 30.4 Å². The van der Waals surface area contributed by atoms with E-state index in [1.807, 2.05) is 20.8 Å². The molecule has 0 saturated carbocycles. The van der Waals surface area contributed by atoms with Gasteiger partial charge in [-0.2, -0.15) is 4.98 Å². The number of nitrogens with zero attached hydrogens (tertiary/aromatic N) is 2. The molecule has 0 aliphatic carbocycles. The van der Waals surface area contributed by atoms with Crippen molar-refractivity contribution in [2.24, 2.45) is 5.92 Å². The molecule has 0 spiro atoms. The van der Waals surface area contributed by atoms with E-state index in [4.69, 9.17) is 14.9 Å². The summed E-state index contributed by atoms with van der Waals surface area (Å²) in [4.78, 5) is 30.5. The van der Waals surface area contributed by atoms with Gasteiger partial charge in [0, 0.05) is 30.9 Å². The predicted octanol–water partition coefficient (Wildman–Crippen LogP) is 5.32. The molecule has 2 heterocycles. The quantitative estimate of drug-likeness (QED) is 0.396. The number of nitrogen functional groups attached to an aromatic ring is 1. The Labute approximate surface area is 219 Å². The smallest absolute Gasteiger partial charge is 0.410 e. The second-order valence-electron chi connectivity index (χ2n) is 10.2. The summed E-state index contributed by atoms with van der Waals surface area (Å²) in [5.41, 5.74) is 5.93. The van der Waals surface area contributed by atoms with Crippen LogP contribution in [0.5, 0.6) is 0 Å². The van der Waals surface area contributed by atoms with E-state index in [1.54, 1.807) is 29.2 Å². The highest BCUT2D eigenvalue weighted by Gasteiger charge is 2.27. The molecule has 4 N–H and O–H groups in total. The first kappa shape index (κ1) is 26.9. The Kier molecular flexibility index (Phi) is 7.84. The van der Waals surface area contributed by atoms with Crippen LogP contribution >= 0.6 is 0 Å². The summed E-state index contributed by atoms with van der Waals surface area (Å²) in [7, 11) is 0. The van der Waals surface area contributed by atoms with Gasteiger partial charge in [-0.1, -0.05) is 6.07 Å². The monoisotopic (exact) mass is 527 g/mol. The average Bonchev–Trinajstić information content (AvgIpc) is 3.21. The zero-order chi connectivity index (χ0) is 27.4. The summed E-state index contributed by atoms with van der Waals surface area (Å²) in [5.74, 6) is -1.92. The molecule has 38 heavy (non-hydrogen) atoms. The van der Waals surface area contributed by atoms with Crippen molar-refractivity contribution in [1.29, 1.82) is 0 Å². The van der Waals surface area contributed by atoms with E-state index >= 15 is 0 Å². The van der Waals surface area contributed by atoms with Crippen molar-refractivity contribution in [3.05, 3.63) is 59.7 Å². The number of rotatable bonds is 6. The predicted molar refractivity (Wildman–Crippen MR) is 139 cm³/mol. The number of oxazole rings is 1. The Morgan fingerprint density at radius 3 is 2.34 bits per heavy atom. The summed E-state index contributed by atoms with van der Waals surface area (Å²) in [6.45, 7) is 7.20. The van der Waals surface area contributed by atoms with Gasteiger partial charge in [-0.15, -0.1) is 0 Å². The van der Waals surface area contributed by atoms with E-state index in [1.165, 1.54) is 6.07 Å². The maximum atomic E-state index is 14.0. The first-order valence-electron chi connectivity index (χ1n) is 12.3. The minimum atomic E-state index is -0.818. The van der Waals surface area contributed by atoms with Crippen LogP contribution in [0.3, 0.4) is 0 Å². The Morgan fingerprint density at radius 2 is 1.74 bits per heavy atom. The van der Waals surface area contributed by atoms with Crippen LogP contribution in [0.1, 0.15) is 44.0 Å². The van der Waals surface area contributed by atoms with Crippen molar-refractivity contribution in [3.63, 3.8) is 0 Å². The second kappa shape index (κ2) is 11.1. The van der Waals surface area contributed by atoms with Crippen LogP contribution in [0.25, 0.3) is 11.5 Å². The third-order valence-electron chi connectivity index (χ3n) is 6.05. The van der Waals surface area contributed by atoms with Crippen molar-refractivity contribution < 1.29 is 27.5 Å². The Bertz CT molecular complexity index is 1280. The number of carbonyl (C=O) groups is 2. The van der Waals surface area contributed by atoms with Crippen LogP contribution in [-0.2, 0) is 4.74 Å². The number of piperidine rings is 1. The minimum absolute atomic E-state index is 0.0255. The van der Waals surface area contributed by atoms with Crippen molar-refractivity contribution in [1.82, 2.24) is 15.2 Å². The number of nitrogens with one attached hydrogen (secondary N) is 2. The number of hydrogen-bond donors (Lipinski definition) is 3. The first-order valence-corrected chi connectivity index (χ1v) is 12.3. The number of benzene rings is 2. The lowest BCUT2D eigenvalue weighted by Crippen LogP contribution is -2.43. The fourth-order valence-electron chi connectivity index (χ4n) is 4.05. The Hall–Kier alpha value is -4.15. The molecule has 1 aliphatic heterocycles. The van der Waals surface area contributed by atoms with Crippen LogP contribution in [-0.4, -0.2) is 47.1 Å². The number of anilines is 3. The van der Waals surface area contributed by atoms with Gasteiger partial charge in [-0.25, -0.2) is 13.6 Å². The number of halogens is 2. The number of aromatic nitrogens is 1. The summed E-state index contributed by atoms with van der Waals surface area (Å²) in [6, 6.07) is 10.0. The van der Waals surface area contributed by atoms with E-state index in [9.17, 15) is 18.4 Å². The van der Waals surface area contributed by atoms with Crippen molar-refractivity contribution >= 4 is 29.4 Å². The molecule has 4 rings (SSSR count). The fourth-order valence-corrected chi connectivity index (χ4v) is 4.05. The van der Waals surface area contributed by atoms with E-state index in [0.717, 1.165) is 25.0 Å². The largest absolute Gasteiger partial charge is 0.444 e. The molecule has 3 aromatic rings.